The third-order valence-electron chi connectivity index (χ3n) is 3.81. The molecule has 0 radical (unpaired) electrons. The summed E-state index contributed by atoms with van der Waals surface area (Å²) in [5.74, 6) is -1.29. The average Bonchev–Trinajstić information content (AvgIpc) is 2.67. The number of carbonyl (C=O) groups excluding carboxylic acids is 2. The maximum Gasteiger partial charge on any atom is 0.331 e. The van der Waals surface area contributed by atoms with Crippen LogP contribution in [-0.4, -0.2) is 45.3 Å². The highest BCUT2D eigenvalue weighted by atomic mass is 35.5. The number of benzene rings is 2. The Morgan fingerprint density at radius 2 is 1.79 bits per heavy atom. The molecule has 2 aromatic rings. The number of hydrogen-bond donors (Lipinski definition) is 1. The van der Waals surface area contributed by atoms with E-state index in [1.165, 1.54) is 38.4 Å². The van der Waals surface area contributed by atoms with Crippen LogP contribution in [0.5, 0.6) is 0 Å². The highest BCUT2D eigenvalue weighted by molar-refractivity contribution is 7.89. The molecule has 0 saturated carbocycles. The molecule has 0 unspecified atom stereocenters. The number of anilines is 1. The highest BCUT2D eigenvalue weighted by Crippen LogP contribution is 2.26. The first kappa shape index (κ1) is 22.6. The summed E-state index contributed by atoms with van der Waals surface area (Å²) in [6, 6.07) is 11.6. The van der Waals surface area contributed by atoms with Crippen LogP contribution in [-0.2, 0) is 24.3 Å². The minimum Gasteiger partial charge on any atom is -0.452 e. The van der Waals surface area contributed by atoms with E-state index in [4.69, 9.17) is 16.3 Å². The predicted molar refractivity (Wildman–Crippen MR) is 112 cm³/mol. The number of ether oxygens (including phenoxy) is 1. The second-order valence-corrected chi connectivity index (χ2v) is 8.86. The molecule has 29 heavy (non-hydrogen) atoms. The second kappa shape index (κ2) is 9.69. The van der Waals surface area contributed by atoms with Crippen LogP contribution in [0.25, 0.3) is 6.08 Å². The van der Waals surface area contributed by atoms with Crippen molar-refractivity contribution in [2.45, 2.75) is 11.8 Å². The molecular formula is C20H21ClN2O5S. The second-order valence-electron chi connectivity index (χ2n) is 6.33. The van der Waals surface area contributed by atoms with Gasteiger partial charge in [-0.15, -0.1) is 0 Å². The van der Waals surface area contributed by atoms with E-state index in [1.54, 1.807) is 6.08 Å². The van der Waals surface area contributed by atoms with Crippen LogP contribution in [0.15, 0.2) is 53.4 Å². The number of nitrogens with one attached hydrogen (secondary N) is 1. The van der Waals surface area contributed by atoms with Gasteiger partial charge < -0.3 is 10.1 Å². The fourth-order valence-electron chi connectivity index (χ4n) is 2.20. The molecule has 2 aromatic carbocycles. The van der Waals surface area contributed by atoms with E-state index in [-0.39, 0.29) is 15.6 Å². The first-order valence-electron chi connectivity index (χ1n) is 8.53. The van der Waals surface area contributed by atoms with Gasteiger partial charge in [-0.2, -0.15) is 0 Å². The minimum absolute atomic E-state index is 0.0318. The highest BCUT2D eigenvalue weighted by Gasteiger charge is 2.21. The van der Waals surface area contributed by atoms with Crippen LogP contribution >= 0.6 is 11.6 Å². The van der Waals surface area contributed by atoms with Gasteiger partial charge in [0.2, 0.25) is 10.0 Å². The lowest BCUT2D eigenvalue weighted by Gasteiger charge is -2.14. The fraction of sp³-hybridized carbons (Fsp3) is 0.200. The van der Waals surface area contributed by atoms with Gasteiger partial charge in [0.1, 0.15) is 4.90 Å². The molecule has 0 fully saturated rings. The third kappa shape index (κ3) is 6.42. The minimum atomic E-state index is -3.77. The lowest BCUT2D eigenvalue weighted by Crippen LogP contribution is -2.23. The summed E-state index contributed by atoms with van der Waals surface area (Å²) in [6.07, 6.45) is 2.80. The zero-order chi connectivity index (χ0) is 21.6. The lowest BCUT2D eigenvalue weighted by atomic mass is 10.1. The normalized spacial score (nSPS) is 11.6. The van der Waals surface area contributed by atoms with Gasteiger partial charge in [-0.3, -0.25) is 4.79 Å². The molecule has 0 bridgehead atoms. The third-order valence-corrected chi connectivity index (χ3v) is 6.10. The lowest BCUT2D eigenvalue weighted by molar-refractivity contribution is -0.142. The number of hydrogen-bond acceptors (Lipinski definition) is 5. The standard InChI is InChI=1S/C20H21ClN2O5S/c1-14-4-6-15(7-5-14)8-11-20(25)28-13-19(24)22-16-9-10-17(21)18(12-16)29(26,27)23(2)3/h4-12H,13H2,1-3H3,(H,22,24). The smallest absolute Gasteiger partial charge is 0.331 e. The number of esters is 1. The molecule has 0 aromatic heterocycles. The predicted octanol–water partition coefficient (Wildman–Crippen LogP) is 3.09. The number of rotatable bonds is 7. The van der Waals surface area contributed by atoms with Crippen LogP contribution < -0.4 is 5.32 Å². The van der Waals surface area contributed by atoms with Gasteiger partial charge in [0.25, 0.3) is 5.91 Å². The number of halogens is 1. The Kier molecular flexibility index (Phi) is 7.55. The Morgan fingerprint density at radius 1 is 1.14 bits per heavy atom. The van der Waals surface area contributed by atoms with Crippen molar-refractivity contribution in [1.82, 2.24) is 4.31 Å². The molecule has 0 aliphatic carbocycles. The SMILES string of the molecule is Cc1ccc(C=CC(=O)OCC(=O)Nc2ccc(Cl)c(S(=O)(=O)N(C)C)c2)cc1. The van der Waals surface area contributed by atoms with E-state index in [9.17, 15) is 18.0 Å². The summed E-state index contributed by atoms with van der Waals surface area (Å²) in [5.41, 5.74) is 2.14. The van der Waals surface area contributed by atoms with Crippen molar-refractivity contribution in [2.24, 2.45) is 0 Å². The maximum atomic E-state index is 12.3. The number of sulfonamides is 1. The quantitative estimate of drug-likeness (QED) is 0.531. The van der Waals surface area contributed by atoms with Gasteiger partial charge >= 0.3 is 5.97 Å². The van der Waals surface area contributed by atoms with Crippen LogP contribution in [0.2, 0.25) is 5.02 Å². The molecule has 0 heterocycles. The molecule has 1 N–H and O–H groups in total. The molecule has 0 spiro atoms. The molecule has 1 amide bonds. The van der Waals surface area contributed by atoms with Crippen molar-refractivity contribution in [3.63, 3.8) is 0 Å². The van der Waals surface area contributed by atoms with E-state index in [0.717, 1.165) is 15.4 Å². The van der Waals surface area contributed by atoms with Crippen molar-refractivity contribution >= 4 is 45.3 Å². The van der Waals surface area contributed by atoms with Crippen LogP contribution in [0.4, 0.5) is 5.69 Å². The molecule has 0 aliphatic rings. The van der Waals surface area contributed by atoms with Gasteiger partial charge in [-0.05, 0) is 36.8 Å². The van der Waals surface area contributed by atoms with E-state index >= 15 is 0 Å². The van der Waals surface area contributed by atoms with Gasteiger partial charge in [0, 0.05) is 25.9 Å². The molecule has 2 rings (SSSR count). The van der Waals surface area contributed by atoms with Crippen LogP contribution in [0, 0.1) is 6.92 Å². The van der Waals surface area contributed by atoms with E-state index in [1.807, 2.05) is 31.2 Å². The summed E-state index contributed by atoms with van der Waals surface area (Å²) in [6.45, 7) is 1.44. The van der Waals surface area contributed by atoms with Crippen molar-refractivity contribution in [2.75, 3.05) is 26.0 Å². The summed E-state index contributed by atoms with van der Waals surface area (Å²) in [4.78, 5) is 23.6. The summed E-state index contributed by atoms with van der Waals surface area (Å²) in [7, 11) is -1.02. The Morgan fingerprint density at radius 3 is 2.41 bits per heavy atom. The number of nitrogens with zero attached hydrogens (tertiary/aromatic N) is 1. The van der Waals surface area contributed by atoms with Crippen LogP contribution in [0.3, 0.4) is 0 Å². The largest absolute Gasteiger partial charge is 0.452 e. The number of carbonyl (C=O) groups is 2. The molecule has 0 aliphatic heterocycles. The first-order chi connectivity index (χ1) is 13.6. The Labute approximate surface area is 175 Å². The molecule has 0 atom stereocenters. The van der Waals surface area contributed by atoms with Crippen LogP contribution in [0.1, 0.15) is 11.1 Å². The van der Waals surface area contributed by atoms with E-state index in [2.05, 4.69) is 5.32 Å². The molecular weight excluding hydrogens is 416 g/mol. The Hall–Kier alpha value is -2.68. The topological polar surface area (TPSA) is 92.8 Å². The fourth-order valence-corrected chi connectivity index (χ4v) is 3.59. The van der Waals surface area contributed by atoms with Crippen molar-refractivity contribution < 1.29 is 22.7 Å². The Balaban J connectivity index is 1.95. The zero-order valence-corrected chi connectivity index (χ0v) is 17.8. The molecule has 0 saturated heterocycles. The molecule has 7 nitrogen and oxygen atoms in total. The molecule has 9 heteroatoms. The van der Waals surface area contributed by atoms with Crippen molar-refractivity contribution in [3.8, 4) is 0 Å². The zero-order valence-electron chi connectivity index (χ0n) is 16.2. The number of amides is 1. The Bertz CT molecular complexity index is 1030. The maximum absolute atomic E-state index is 12.3. The van der Waals surface area contributed by atoms with Crippen molar-refractivity contribution in [3.05, 3.63) is 64.7 Å². The van der Waals surface area contributed by atoms with Gasteiger partial charge in [-0.1, -0.05) is 41.4 Å². The molecule has 154 valence electrons. The van der Waals surface area contributed by atoms with E-state index < -0.39 is 28.5 Å². The summed E-state index contributed by atoms with van der Waals surface area (Å²) >= 11 is 5.96. The van der Waals surface area contributed by atoms with Gasteiger partial charge in [-0.25, -0.2) is 17.5 Å². The average molecular weight is 437 g/mol. The van der Waals surface area contributed by atoms with Gasteiger partial charge in [0.05, 0.1) is 5.02 Å². The first-order valence-corrected chi connectivity index (χ1v) is 10.3. The monoisotopic (exact) mass is 436 g/mol. The summed E-state index contributed by atoms with van der Waals surface area (Å²) < 4.78 is 30.4. The van der Waals surface area contributed by atoms with Crippen molar-refractivity contribution in [1.29, 1.82) is 0 Å². The van der Waals surface area contributed by atoms with E-state index in [0.29, 0.717) is 0 Å². The summed E-state index contributed by atoms with van der Waals surface area (Å²) in [5, 5.41) is 2.51. The number of aryl methyl sites for hydroxylation is 1. The van der Waals surface area contributed by atoms with Gasteiger partial charge in [0.15, 0.2) is 6.61 Å².